The Bertz CT molecular complexity index is 346. The number of fused-ring (bicyclic) bond motifs is 1. The lowest BCUT2D eigenvalue weighted by molar-refractivity contribution is -0.118. The van der Waals surface area contributed by atoms with Gasteiger partial charge in [-0.1, -0.05) is 18.2 Å². The fourth-order valence-electron chi connectivity index (χ4n) is 2.07. The van der Waals surface area contributed by atoms with E-state index < -0.39 is 0 Å². The number of anilines is 1. The maximum atomic E-state index is 11.4. The highest BCUT2D eigenvalue weighted by Crippen LogP contribution is 2.35. The number of Topliss-reactive ketones (excluding diaryl/α,β-unsaturated/α-hetero) is 1. The molecule has 1 aliphatic heterocycles. The van der Waals surface area contributed by atoms with Crippen molar-refractivity contribution in [1.82, 2.24) is 0 Å². The van der Waals surface area contributed by atoms with Crippen LogP contribution in [0.2, 0.25) is 0 Å². The van der Waals surface area contributed by atoms with Gasteiger partial charge in [0.15, 0.2) is 0 Å². The zero-order chi connectivity index (χ0) is 9.42. The predicted molar refractivity (Wildman–Crippen MR) is 52.9 cm³/mol. The third-order valence-corrected chi connectivity index (χ3v) is 2.62. The normalized spacial score (nSPS) is 25.1. The molecule has 2 nitrogen and oxygen atoms in total. The minimum atomic E-state index is 0.0381. The van der Waals surface area contributed by atoms with Crippen LogP contribution >= 0.6 is 0 Å². The van der Waals surface area contributed by atoms with Gasteiger partial charge in [0.1, 0.15) is 5.78 Å². The first-order valence-electron chi connectivity index (χ1n) is 4.56. The zero-order valence-electron chi connectivity index (χ0n) is 7.87. The maximum Gasteiger partial charge on any atom is 0.139 e. The smallest absolute Gasteiger partial charge is 0.139 e. The number of para-hydroxylation sites is 1. The first-order chi connectivity index (χ1) is 6.20. The van der Waals surface area contributed by atoms with E-state index in [4.69, 9.17) is 0 Å². The molecule has 0 fully saturated rings. The van der Waals surface area contributed by atoms with Crippen molar-refractivity contribution in [2.75, 3.05) is 5.32 Å². The molecule has 2 heteroatoms. The van der Waals surface area contributed by atoms with Gasteiger partial charge in [0.25, 0.3) is 0 Å². The summed E-state index contributed by atoms with van der Waals surface area (Å²) in [4.78, 5) is 11.4. The van der Waals surface area contributed by atoms with E-state index in [9.17, 15) is 4.79 Å². The average molecular weight is 175 g/mol. The molecular weight excluding hydrogens is 162 g/mol. The van der Waals surface area contributed by atoms with Crippen molar-refractivity contribution >= 4 is 11.5 Å². The van der Waals surface area contributed by atoms with Crippen molar-refractivity contribution in [3.8, 4) is 0 Å². The standard InChI is InChI=1S/C11H13NO/c1-7-11(8(2)13)9-5-3-4-6-10(9)12-7/h3-7,11-12H,1-2H3. The van der Waals surface area contributed by atoms with E-state index in [2.05, 4.69) is 5.32 Å². The SMILES string of the molecule is CC(=O)C1c2ccccc2NC1C. The number of carbonyl (C=O) groups is 1. The number of carbonyl (C=O) groups excluding carboxylic acids is 1. The lowest BCUT2D eigenvalue weighted by atomic mass is 9.93. The molecule has 0 aromatic heterocycles. The minimum absolute atomic E-state index is 0.0381. The van der Waals surface area contributed by atoms with Gasteiger partial charge in [-0.05, 0) is 25.5 Å². The number of rotatable bonds is 1. The second-order valence-corrected chi connectivity index (χ2v) is 3.61. The van der Waals surface area contributed by atoms with Crippen LogP contribution in [-0.4, -0.2) is 11.8 Å². The lowest BCUT2D eigenvalue weighted by Crippen LogP contribution is -2.21. The van der Waals surface area contributed by atoms with Crippen LogP contribution in [0.15, 0.2) is 24.3 Å². The molecule has 0 radical (unpaired) electrons. The minimum Gasteiger partial charge on any atom is -0.381 e. The maximum absolute atomic E-state index is 11.4. The summed E-state index contributed by atoms with van der Waals surface area (Å²) in [6, 6.07) is 8.25. The molecule has 1 heterocycles. The largest absolute Gasteiger partial charge is 0.381 e. The van der Waals surface area contributed by atoms with Crippen LogP contribution in [-0.2, 0) is 4.79 Å². The molecule has 0 bridgehead atoms. The first-order valence-corrected chi connectivity index (χ1v) is 4.56. The number of hydrogen-bond acceptors (Lipinski definition) is 2. The molecule has 2 rings (SSSR count). The van der Waals surface area contributed by atoms with Gasteiger partial charge in [0.05, 0.1) is 5.92 Å². The number of hydrogen-bond donors (Lipinski definition) is 1. The zero-order valence-corrected chi connectivity index (χ0v) is 7.87. The highest BCUT2D eigenvalue weighted by molar-refractivity contribution is 5.88. The Kier molecular flexibility index (Phi) is 1.83. The van der Waals surface area contributed by atoms with Crippen molar-refractivity contribution in [2.24, 2.45) is 0 Å². The molecular formula is C11H13NO. The van der Waals surface area contributed by atoms with Gasteiger partial charge >= 0.3 is 0 Å². The molecule has 0 amide bonds. The van der Waals surface area contributed by atoms with E-state index in [1.807, 2.05) is 31.2 Å². The van der Waals surface area contributed by atoms with Gasteiger partial charge in [0, 0.05) is 11.7 Å². The summed E-state index contributed by atoms with van der Waals surface area (Å²) in [7, 11) is 0. The van der Waals surface area contributed by atoms with Gasteiger partial charge in [0.2, 0.25) is 0 Å². The van der Waals surface area contributed by atoms with E-state index in [1.165, 1.54) is 0 Å². The van der Waals surface area contributed by atoms with E-state index >= 15 is 0 Å². The molecule has 13 heavy (non-hydrogen) atoms. The van der Waals surface area contributed by atoms with E-state index in [0.717, 1.165) is 11.3 Å². The molecule has 1 N–H and O–H groups in total. The van der Waals surface area contributed by atoms with Crippen LogP contribution in [0.25, 0.3) is 0 Å². The molecule has 1 aromatic carbocycles. The molecule has 0 aliphatic carbocycles. The van der Waals surface area contributed by atoms with Gasteiger partial charge in [-0.3, -0.25) is 4.79 Å². The van der Waals surface area contributed by atoms with Crippen LogP contribution in [0, 0.1) is 0 Å². The first kappa shape index (κ1) is 8.30. The Morgan fingerprint density at radius 3 is 2.77 bits per heavy atom. The molecule has 1 aromatic rings. The van der Waals surface area contributed by atoms with E-state index in [1.54, 1.807) is 6.92 Å². The summed E-state index contributed by atoms with van der Waals surface area (Å²) in [6.07, 6.45) is 0. The molecule has 0 spiro atoms. The molecule has 2 unspecified atom stereocenters. The quantitative estimate of drug-likeness (QED) is 0.708. The summed E-state index contributed by atoms with van der Waals surface area (Å²) in [5.41, 5.74) is 2.25. The summed E-state index contributed by atoms with van der Waals surface area (Å²) < 4.78 is 0. The van der Waals surface area contributed by atoms with Crippen molar-refractivity contribution in [3.05, 3.63) is 29.8 Å². The van der Waals surface area contributed by atoms with Gasteiger partial charge in [-0.15, -0.1) is 0 Å². The van der Waals surface area contributed by atoms with Gasteiger partial charge in [-0.2, -0.15) is 0 Å². The average Bonchev–Trinajstić information content (AvgIpc) is 2.39. The lowest BCUT2D eigenvalue weighted by Gasteiger charge is -2.11. The Balaban J connectivity index is 2.46. The Morgan fingerprint density at radius 2 is 2.08 bits per heavy atom. The summed E-state index contributed by atoms with van der Waals surface area (Å²) in [5.74, 6) is 0.279. The summed E-state index contributed by atoms with van der Waals surface area (Å²) in [6.45, 7) is 3.71. The number of benzene rings is 1. The van der Waals surface area contributed by atoms with Crippen molar-refractivity contribution < 1.29 is 4.79 Å². The van der Waals surface area contributed by atoms with Gasteiger partial charge < -0.3 is 5.32 Å². The second kappa shape index (κ2) is 2.87. The third kappa shape index (κ3) is 1.22. The Morgan fingerprint density at radius 1 is 1.38 bits per heavy atom. The second-order valence-electron chi connectivity index (χ2n) is 3.61. The summed E-state index contributed by atoms with van der Waals surface area (Å²) in [5, 5.41) is 3.31. The van der Waals surface area contributed by atoms with Crippen molar-refractivity contribution in [1.29, 1.82) is 0 Å². The fraction of sp³-hybridized carbons (Fsp3) is 0.364. The number of ketones is 1. The predicted octanol–water partition coefficient (Wildman–Crippen LogP) is 2.17. The van der Waals surface area contributed by atoms with Crippen LogP contribution in [0.1, 0.15) is 25.3 Å². The van der Waals surface area contributed by atoms with Crippen LogP contribution in [0.4, 0.5) is 5.69 Å². The molecule has 0 saturated carbocycles. The van der Waals surface area contributed by atoms with Crippen LogP contribution < -0.4 is 5.32 Å². The molecule has 68 valence electrons. The van der Waals surface area contributed by atoms with Crippen LogP contribution in [0.5, 0.6) is 0 Å². The molecule has 1 aliphatic rings. The van der Waals surface area contributed by atoms with E-state index in [-0.39, 0.29) is 17.7 Å². The fourth-order valence-corrected chi connectivity index (χ4v) is 2.07. The highest BCUT2D eigenvalue weighted by Gasteiger charge is 2.31. The van der Waals surface area contributed by atoms with Crippen LogP contribution in [0.3, 0.4) is 0 Å². The third-order valence-electron chi connectivity index (χ3n) is 2.62. The molecule has 0 saturated heterocycles. The topological polar surface area (TPSA) is 29.1 Å². The highest BCUT2D eigenvalue weighted by atomic mass is 16.1. The number of nitrogens with one attached hydrogen (secondary N) is 1. The van der Waals surface area contributed by atoms with Gasteiger partial charge in [-0.25, -0.2) is 0 Å². The Hall–Kier alpha value is -1.31. The van der Waals surface area contributed by atoms with E-state index in [0.29, 0.717) is 0 Å². The van der Waals surface area contributed by atoms with Crippen molar-refractivity contribution in [3.63, 3.8) is 0 Å². The molecule has 2 atom stereocenters. The van der Waals surface area contributed by atoms with Crippen molar-refractivity contribution in [2.45, 2.75) is 25.8 Å². The Labute approximate surface area is 78.0 Å². The monoisotopic (exact) mass is 175 g/mol. The summed E-state index contributed by atoms with van der Waals surface area (Å²) >= 11 is 0.